The van der Waals surface area contributed by atoms with Gasteiger partial charge < -0.3 is 15.0 Å². The average Bonchev–Trinajstić information content (AvgIpc) is 2.92. The van der Waals surface area contributed by atoms with Crippen molar-refractivity contribution >= 4 is 50.7 Å². The van der Waals surface area contributed by atoms with Crippen LogP contribution >= 0.6 is 23.2 Å². The summed E-state index contributed by atoms with van der Waals surface area (Å²) in [4.78, 5) is 28.8. The lowest BCUT2D eigenvalue weighted by atomic mass is 10.1. The maximum absolute atomic E-state index is 14.1. The molecule has 3 rings (SSSR count). The molecule has 0 fully saturated rings. The summed E-state index contributed by atoms with van der Waals surface area (Å²) in [6.45, 7) is 6.69. The van der Waals surface area contributed by atoms with E-state index in [9.17, 15) is 18.0 Å². The van der Waals surface area contributed by atoms with Gasteiger partial charge in [0.15, 0.2) is 0 Å². The number of anilines is 1. The van der Waals surface area contributed by atoms with Crippen LogP contribution in [0.1, 0.15) is 38.3 Å². The summed E-state index contributed by atoms with van der Waals surface area (Å²) in [7, 11) is -2.72. The molecule has 220 valence electrons. The van der Waals surface area contributed by atoms with Gasteiger partial charge >= 0.3 is 0 Å². The van der Waals surface area contributed by atoms with Crippen molar-refractivity contribution in [2.45, 2.75) is 57.6 Å². The fraction of sp³-hybridized carbons (Fsp3) is 0.333. The van der Waals surface area contributed by atoms with Crippen LogP contribution in [0.15, 0.2) is 71.6 Å². The second-order valence-electron chi connectivity index (χ2n) is 9.87. The quantitative estimate of drug-likeness (QED) is 0.275. The van der Waals surface area contributed by atoms with Gasteiger partial charge in [-0.3, -0.25) is 13.9 Å². The summed E-state index contributed by atoms with van der Waals surface area (Å²) >= 11 is 12.5. The Morgan fingerprint density at radius 3 is 2.27 bits per heavy atom. The molecule has 2 amide bonds. The highest BCUT2D eigenvalue weighted by atomic mass is 35.5. The van der Waals surface area contributed by atoms with Gasteiger partial charge in [-0.2, -0.15) is 0 Å². The Hall–Kier alpha value is -3.27. The molecule has 1 unspecified atom stereocenters. The molecule has 1 atom stereocenters. The predicted octanol–water partition coefficient (Wildman–Crippen LogP) is 5.84. The SMILES string of the molecule is CCC(C(=O)NC(C)C)N(Cc1ccc(Cl)cc1Cl)C(=O)CN(c1cccc(OC)c1)S(=O)(=O)c1ccc(C)cc1. The molecule has 0 bridgehead atoms. The summed E-state index contributed by atoms with van der Waals surface area (Å²) in [6, 6.07) is 16.7. The molecule has 1 N–H and O–H groups in total. The van der Waals surface area contributed by atoms with E-state index < -0.39 is 28.5 Å². The molecule has 0 aromatic heterocycles. The minimum absolute atomic E-state index is 0.0237. The summed E-state index contributed by atoms with van der Waals surface area (Å²) in [5, 5.41) is 3.62. The number of methoxy groups -OCH3 is 1. The number of benzene rings is 3. The lowest BCUT2D eigenvalue weighted by molar-refractivity contribution is -0.140. The van der Waals surface area contributed by atoms with E-state index in [0.717, 1.165) is 9.87 Å². The van der Waals surface area contributed by atoms with Gasteiger partial charge in [0.2, 0.25) is 11.8 Å². The van der Waals surface area contributed by atoms with Gasteiger partial charge in [0, 0.05) is 28.7 Å². The molecule has 0 heterocycles. The van der Waals surface area contributed by atoms with E-state index in [1.165, 1.54) is 24.1 Å². The Morgan fingerprint density at radius 1 is 1.00 bits per heavy atom. The topological polar surface area (TPSA) is 96.0 Å². The third kappa shape index (κ3) is 8.15. The molecule has 0 spiro atoms. The van der Waals surface area contributed by atoms with Crippen LogP contribution in [0.3, 0.4) is 0 Å². The van der Waals surface area contributed by atoms with E-state index in [1.807, 2.05) is 20.8 Å². The number of hydrogen-bond donors (Lipinski definition) is 1. The molecular weight excluding hydrogens is 585 g/mol. The molecule has 0 aliphatic carbocycles. The van der Waals surface area contributed by atoms with Gasteiger partial charge in [-0.15, -0.1) is 0 Å². The first-order valence-electron chi connectivity index (χ1n) is 13.1. The number of hydrogen-bond acceptors (Lipinski definition) is 5. The molecule has 8 nitrogen and oxygen atoms in total. The average molecular weight is 621 g/mol. The Labute approximate surface area is 252 Å². The number of ether oxygens (including phenoxy) is 1. The third-order valence-electron chi connectivity index (χ3n) is 6.40. The number of amides is 2. The van der Waals surface area contributed by atoms with Crippen molar-refractivity contribution in [3.05, 3.63) is 87.9 Å². The van der Waals surface area contributed by atoms with Gasteiger partial charge in [0.1, 0.15) is 18.3 Å². The van der Waals surface area contributed by atoms with Gasteiger partial charge in [-0.05, 0) is 69.2 Å². The van der Waals surface area contributed by atoms with Crippen molar-refractivity contribution in [3.63, 3.8) is 0 Å². The summed E-state index contributed by atoms with van der Waals surface area (Å²) in [5.74, 6) is -0.512. The van der Waals surface area contributed by atoms with E-state index in [1.54, 1.807) is 61.5 Å². The number of rotatable bonds is 12. The first kappa shape index (κ1) is 32.2. The maximum atomic E-state index is 14.1. The number of halogens is 2. The van der Waals surface area contributed by atoms with Crippen molar-refractivity contribution in [3.8, 4) is 5.75 Å². The van der Waals surface area contributed by atoms with Crippen LogP contribution in [-0.2, 0) is 26.2 Å². The standard InChI is InChI=1S/C30H35Cl2N3O5S/c1-6-28(30(37)33-20(2)3)34(18-22-12-13-23(31)16-27(22)32)29(36)19-35(24-8-7-9-25(17-24)40-5)41(38,39)26-14-10-21(4)11-15-26/h7-17,20,28H,6,18-19H2,1-5H3,(H,33,37). The number of sulfonamides is 1. The number of carbonyl (C=O) groups is 2. The molecule has 3 aromatic rings. The number of carbonyl (C=O) groups excluding carboxylic acids is 2. The number of nitrogens with one attached hydrogen (secondary N) is 1. The second-order valence-corrected chi connectivity index (χ2v) is 12.6. The maximum Gasteiger partial charge on any atom is 0.264 e. The van der Waals surface area contributed by atoms with Gasteiger partial charge in [0.05, 0.1) is 17.7 Å². The van der Waals surface area contributed by atoms with Crippen molar-refractivity contribution in [2.75, 3.05) is 18.0 Å². The minimum Gasteiger partial charge on any atom is -0.497 e. The molecule has 0 saturated carbocycles. The lowest BCUT2D eigenvalue weighted by Gasteiger charge is -2.33. The molecule has 3 aromatic carbocycles. The minimum atomic E-state index is -4.20. The molecule has 0 aliphatic rings. The van der Waals surface area contributed by atoms with Crippen LogP contribution in [0.4, 0.5) is 5.69 Å². The normalized spacial score (nSPS) is 12.1. The predicted molar refractivity (Wildman–Crippen MR) is 163 cm³/mol. The molecule has 0 aliphatic heterocycles. The Kier molecular flexibility index (Phi) is 11.1. The number of nitrogens with zero attached hydrogens (tertiary/aromatic N) is 2. The van der Waals surface area contributed by atoms with E-state index in [4.69, 9.17) is 27.9 Å². The van der Waals surface area contributed by atoms with Crippen molar-refractivity contribution < 1.29 is 22.7 Å². The largest absolute Gasteiger partial charge is 0.497 e. The zero-order valence-corrected chi connectivity index (χ0v) is 26.1. The summed E-state index contributed by atoms with van der Waals surface area (Å²) in [5.41, 5.74) is 1.69. The molecule has 41 heavy (non-hydrogen) atoms. The molecule has 11 heteroatoms. The van der Waals surface area contributed by atoms with Crippen LogP contribution in [0, 0.1) is 6.92 Å². The van der Waals surface area contributed by atoms with E-state index in [-0.39, 0.29) is 29.1 Å². The zero-order chi connectivity index (χ0) is 30.3. The zero-order valence-electron chi connectivity index (χ0n) is 23.7. The second kappa shape index (κ2) is 14.1. The Bertz CT molecular complexity index is 1480. The fourth-order valence-corrected chi connectivity index (χ4v) is 6.14. The smallest absolute Gasteiger partial charge is 0.264 e. The van der Waals surface area contributed by atoms with Crippen molar-refractivity contribution in [2.24, 2.45) is 0 Å². The Morgan fingerprint density at radius 2 is 1.68 bits per heavy atom. The highest BCUT2D eigenvalue weighted by Gasteiger charge is 2.34. The van der Waals surface area contributed by atoms with Crippen LogP contribution < -0.4 is 14.4 Å². The van der Waals surface area contributed by atoms with Gasteiger partial charge in [0.25, 0.3) is 10.0 Å². The molecule has 0 saturated heterocycles. The molecular formula is C30H35Cl2N3O5S. The van der Waals surface area contributed by atoms with Gasteiger partial charge in [-0.25, -0.2) is 8.42 Å². The first-order valence-corrected chi connectivity index (χ1v) is 15.3. The van der Waals surface area contributed by atoms with E-state index in [0.29, 0.717) is 27.8 Å². The molecule has 0 radical (unpaired) electrons. The Balaban J connectivity index is 2.10. The summed E-state index contributed by atoms with van der Waals surface area (Å²) in [6.07, 6.45) is 0.291. The van der Waals surface area contributed by atoms with Crippen LogP contribution in [0.2, 0.25) is 10.0 Å². The fourth-order valence-electron chi connectivity index (χ4n) is 4.27. The monoisotopic (exact) mass is 619 g/mol. The van der Waals surface area contributed by atoms with E-state index in [2.05, 4.69) is 5.32 Å². The van der Waals surface area contributed by atoms with Crippen LogP contribution in [0.5, 0.6) is 5.75 Å². The van der Waals surface area contributed by atoms with Crippen molar-refractivity contribution in [1.29, 1.82) is 0 Å². The third-order valence-corrected chi connectivity index (χ3v) is 8.78. The van der Waals surface area contributed by atoms with Crippen LogP contribution in [-0.4, -0.2) is 50.9 Å². The highest BCUT2D eigenvalue weighted by molar-refractivity contribution is 7.92. The summed E-state index contributed by atoms with van der Waals surface area (Å²) < 4.78 is 34.3. The van der Waals surface area contributed by atoms with E-state index >= 15 is 0 Å². The van der Waals surface area contributed by atoms with Crippen molar-refractivity contribution in [1.82, 2.24) is 10.2 Å². The van der Waals surface area contributed by atoms with Crippen LogP contribution in [0.25, 0.3) is 0 Å². The first-order chi connectivity index (χ1) is 19.4. The number of aryl methyl sites for hydroxylation is 1. The van der Waals surface area contributed by atoms with Gasteiger partial charge in [-0.1, -0.05) is 60.0 Å². The highest BCUT2D eigenvalue weighted by Crippen LogP contribution is 2.29. The lowest BCUT2D eigenvalue weighted by Crippen LogP contribution is -2.53.